The lowest BCUT2D eigenvalue weighted by Gasteiger charge is -2.15. The van der Waals surface area contributed by atoms with E-state index in [1.54, 1.807) is 0 Å². The largest absolute Gasteiger partial charge is 0.493 e. The van der Waals surface area contributed by atoms with Crippen LogP contribution >= 0.6 is 0 Å². The van der Waals surface area contributed by atoms with Crippen molar-refractivity contribution < 1.29 is 9.53 Å². The SMILES string of the molecule is Cc1cccc(OCCC(=O)N2CCCC2)c1. The van der Waals surface area contributed by atoms with Crippen LogP contribution in [-0.2, 0) is 4.79 Å². The number of rotatable bonds is 4. The van der Waals surface area contributed by atoms with Crippen molar-refractivity contribution in [3.05, 3.63) is 29.8 Å². The van der Waals surface area contributed by atoms with E-state index >= 15 is 0 Å². The van der Waals surface area contributed by atoms with Crippen LogP contribution in [-0.4, -0.2) is 30.5 Å². The van der Waals surface area contributed by atoms with E-state index in [1.807, 2.05) is 36.1 Å². The van der Waals surface area contributed by atoms with Crippen molar-refractivity contribution in [2.75, 3.05) is 19.7 Å². The Morgan fingerprint density at radius 3 is 2.82 bits per heavy atom. The number of hydrogen-bond acceptors (Lipinski definition) is 2. The van der Waals surface area contributed by atoms with Crippen LogP contribution in [0, 0.1) is 6.92 Å². The number of carbonyl (C=O) groups excluding carboxylic acids is 1. The van der Waals surface area contributed by atoms with Gasteiger partial charge in [0.15, 0.2) is 0 Å². The Hall–Kier alpha value is -1.51. The van der Waals surface area contributed by atoms with Gasteiger partial charge in [-0.1, -0.05) is 12.1 Å². The Labute approximate surface area is 102 Å². The quantitative estimate of drug-likeness (QED) is 0.799. The van der Waals surface area contributed by atoms with Gasteiger partial charge in [-0.05, 0) is 37.5 Å². The van der Waals surface area contributed by atoms with E-state index in [0.717, 1.165) is 31.7 Å². The average molecular weight is 233 g/mol. The summed E-state index contributed by atoms with van der Waals surface area (Å²) in [6, 6.07) is 7.91. The minimum Gasteiger partial charge on any atom is -0.493 e. The van der Waals surface area contributed by atoms with E-state index in [0.29, 0.717) is 13.0 Å². The van der Waals surface area contributed by atoms with Crippen molar-refractivity contribution >= 4 is 5.91 Å². The minimum absolute atomic E-state index is 0.218. The average Bonchev–Trinajstić information content (AvgIpc) is 2.82. The van der Waals surface area contributed by atoms with Crippen molar-refractivity contribution in [3.63, 3.8) is 0 Å². The number of likely N-dealkylation sites (tertiary alicyclic amines) is 1. The Kier molecular flexibility index (Phi) is 4.02. The van der Waals surface area contributed by atoms with Gasteiger partial charge in [0.2, 0.25) is 5.91 Å². The number of aryl methyl sites for hydroxylation is 1. The molecule has 1 aliphatic rings. The summed E-state index contributed by atoms with van der Waals surface area (Å²) < 4.78 is 5.57. The third-order valence-electron chi connectivity index (χ3n) is 3.03. The summed E-state index contributed by atoms with van der Waals surface area (Å²) in [7, 11) is 0. The second kappa shape index (κ2) is 5.71. The second-order valence-electron chi connectivity index (χ2n) is 4.50. The van der Waals surface area contributed by atoms with Gasteiger partial charge >= 0.3 is 0 Å². The Morgan fingerprint density at radius 1 is 1.35 bits per heavy atom. The lowest BCUT2D eigenvalue weighted by molar-refractivity contribution is -0.130. The zero-order chi connectivity index (χ0) is 12.1. The van der Waals surface area contributed by atoms with Crippen molar-refractivity contribution in [1.82, 2.24) is 4.90 Å². The molecule has 1 heterocycles. The Bertz CT molecular complexity index is 384. The first-order chi connectivity index (χ1) is 8.25. The van der Waals surface area contributed by atoms with Crippen LogP contribution in [0.15, 0.2) is 24.3 Å². The van der Waals surface area contributed by atoms with Crippen LogP contribution in [0.4, 0.5) is 0 Å². The van der Waals surface area contributed by atoms with Gasteiger partial charge in [-0.3, -0.25) is 4.79 Å². The number of ether oxygens (including phenoxy) is 1. The second-order valence-corrected chi connectivity index (χ2v) is 4.50. The van der Waals surface area contributed by atoms with E-state index in [9.17, 15) is 4.79 Å². The number of amides is 1. The molecule has 0 radical (unpaired) electrons. The zero-order valence-electron chi connectivity index (χ0n) is 10.3. The zero-order valence-corrected chi connectivity index (χ0v) is 10.3. The highest BCUT2D eigenvalue weighted by atomic mass is 16.5. The van der Waals surface area contributed by atoms with Crippen molar-refractivity contribution in [2.24, 2.45) is 0 Å². The van der Waals surface area contributed by atoms with E-state index in [-0.39, 0.29) is 5.91 Å². The maximum absolute atomic E-state index is 11.7. The summed E-state index contributed by atoms with van der Waals surface area (Å²) in [6.07, 6.45) is 2.77. The van der Waals surface area contributed by atoms with E-state index < -0.39 is 0 Å². The van der Waals surface area contributed by atoms with Crippen LogP contribution in [0.2, 0.25) is 0 Å². The summed E-state index contributed by atoms with van der Waals surface area (Å²) >= 11 is 0. The first-order valence-corrected chi connectivity index (χ1v) is 6.23. The fourth-order valence-corrected chi connectivity index (χ4v) is 2.09. The molecule has 0 unspecified atom stereocenters. The highest BCUT2D eigenvalue weighted by molar-refractivity contribution is 5.76. The minimum atomic E-state index is 0.218. The summed E-state index contributed by atoms with van der Waals surface area (Å²) in [5, 5.41) is 0. The molecule has 1 fully saturated rings. The molecule has 1 aromatic rings. The molecule has 3 heteroatoms. The molecule has 1 aromatic carbocycles. The maximum atomic E-state index is 11.7. The van der Waals surface area contributed by atoms with Gasteiger partial charge in [-0.15, -0.1) is 0 Å². The summed E-state index contributed by atoms with van der Waals surface area (Å²) in [4.78, 5) is 13.7. The smallest absolute Gasteiger partial charge is 0.225 e. The molecule has 0 aliphatic carbocycles. The van der Waals surface area contributed by atoms with Crippen molar-refractivity contribution in [2.45, 2.75) is 26.2 Å². The first kappa shape index (κ1) is 12.0. The normalized spacial score (nSPS) is 15.0. The number of hydrogen-bond donors (Lipinski definition) is 0. The molecular formula is C14H19NO2. The van der Waals surface area contributed by atoms with Gasteiger partial charge < -0.3 is 9.64 Å². The van der Waals surface area contributed by atoms with Gasteiger partial charge in [0.25, 0.3) is 0 Å². The molecule has 0 aromatic heterocycles. The van der Waals surface area contributed by atoms with E-state index in [4.69, 9.17) is 4.74 Å². The summed E-state index contributed by atoms with van der Waals surface area (Å²) in [6.45, 7) is 4.34. The third-order valence-corrected chi connectivity index (χ3v) is 3.03. The molecule has 0 atom stereocenters. The van der Waals surface area contributed by atoms with Gasteiger partial charge in [0.1, 0.15) is 5.75 Å². The van der Waals surface area contributed by atoms with Crippen LogP contribution in [0.3, 0.4) is 0 Å². The van der Waals surface area contributed by atoms with Crippen molar-refractivity contribution in [1.29, 1.82) is 0 Å². The fraction of sp³-hybridized carbons (Fsp3) is 0.500. The lowest BCUT2D eigenvalue weighted by Crippen LogP contribution is -2.28. The fourth-order valence-electron chi connectivity index (χ4n) is 2.09. The molecule has 17 heavy (non-hydrogen) atoms. The van der Waals surface area contributed by atoms with Crippen LogP contribution < -0.4 is 4.74 Å². The molecule has 0 bridgehead atoms. The van der Waals surface area contributed by atoms with Crippen LogP contribution in [0.1, 0.15) is 24.8 Å². The predicted octanol–water partition coefficient (Wildman–Crippen LogP) is 2.39. The van der Waals surface area contributed by atoms with Crippen LogP contribution in [0.5, 0.6) is 5.75 Å². The molecule has 3 nitrogen and oxygen atoms in total. The molecular weight excluding hydrogens is 214 g/mol. The summed E-state index contributed by atoms with van der Waals surface area (Å²) in [5.74, 6) is 1.06. The molecule has 92 valence electrons. The molecule has 0 N–H and O–H groups in total. The summed E-state index contributed by atoms with van der Waals surface area (Å²) in [5.41, 5.74) is 1.17. The molecule has 0 spiro atoms. The highest BCUT2D eigenvalue weighted by Gasteiger charge is 2.17. The third kappa shape index (κ3) is 3.48. The molecule has 0 saturated carbocycles. The molecule has 1 amide bonds. The van der Waals surface area contributed by atoms with E-state index in [2.05, 4.69) is 0 Å². The predicted molar refractivity (Wildman–Crippen MR) is 67.1 cm³/mol. The van der Waals surface area contributed by atoms with Gasteiger partial charge in [0, 0.05) is 13.1 Å². The van der Waals surface area contributed by atoms with Gasteiger partial charge in [-0.25, -0.2) is 0 Å². The Balaban J connectivity index is 1.73. The van der Waals surface area contributed by atoms with Crippen LogP contribution in [0.25, 0.3) is 0 Å². The number of carbonyl (C=O) groups is 1. The topological polar surface area (TPSA) is 29.5 Å². The van der Waals surface area contributed by atoms with Gasteiger partial charge in [-0.2, -0.15) is 0 Å². The molecule has 1 aliphatic heterocycles. The highest BCUT2D eigenvalue weighted by Crippen LogP contribution is 2.13. The molecule has 1 saturated heterocycles. The standard InChI is InChI=1S/C14H19NO2/c1-12-5-4-6-13(11-12)17-10-7-14(16)15-8-2-3-9-15/h4-6,11H,2-3,7-10H2,1H3. The maximum Gasteiger partial charge on any atom is 0.225 e. The Morgan fingerprint density at radius 2 is 2.12 bits per heavy atom. The monoisotopic (exact) mass is 233 g/mol. The first-order valence-electron chi connectivity index (χ1n) is 6.23. The number of nitrogens with zero attached hydrogens (tertiary/aromatic N) is 1. The lowest BCUT2D eigenvalue weighted by atomic mass is 10.2. The van der Waals surface area contributed by atoms with E-state index in [1.165, 1.54) is 5.56 Å². The number of benzene rings is 1. The molecule has 2 rings (SSSR count). The van der Waals surface area contributed by atoms with Crippen molar-refractivity contribution in [3.8, 4) is 5.75 Å². The van der Waals surface area contributed by atoms with Gasteiger partial charge in [0.05, 0.1) is 13.0 Å².